The molecule has 0 atom stereocenters. The molecule has 0 aliphatic rings. The highest BCUT2D eigenvalue weighted by molar-refractivity contribution is 5.85. The number of pyridine rings is 1. The average Bonchev–Trinajstić information content (AvgIpc) is 3.31. The summed E-state index contributed by atoms with van der Waals surface area (Å²) >= 11 is 0. The number of carbonyl (C=O) groups is 1. The molecule has 144 valence electrons. The van der Waals surface area contributed by atoms with Crippen LogP contribution in [0.1, 0.15) is 16.9 Å². The summed E-state index contributed by atoms with van der Waals surface area (Å²) < 4.78 is 45.9. The van der Waals surface area contributed by atoms with Crippen LogP contribution in [0.25, 0.3) is 16.6 Å². The predicted molar refractivity (Wildman–Crippen MR) is 92.0 cm³/mol. The van der Waals surface area contributed by atoms with E-state index in [4.69, 9.17) is 4.42 Å². The molecule has 0 radical (unpaired) electrons. The molecule has 0 saturated carbocycles. The van der Waals surface area contributed by atoms with Crippen molar-refractivity contribution in [3.8, 4) is 0 Å². The molecule has 4 rings (SSSR count). The van der Waals surface area contributed by atoms with E-state index in [1.165, 1.54) is 16.8 Å². The Balaban J connectivity index is 1.79. The molecule has 0 unspecified atom stereocenters. The van der Waals surface area contributed by atoms with Gasteiger partial charge in [-0.25, -0.2) is 0 Å². The van der Waals surface area contributed by atoms with Crippen molar-refractivity contribution in [1.29, 1.82) is 0 Å². The Hall–Kier alpha value is -3.43. The van der Waals surface area contributed by atoms with E-state index in [0.29, 0.717) is 16.0 Å². The minimum atomic E-state index is -5.01. The van der Waals surface area contributed by atoms with Crippen LogP contribution in [-0.2, 0) is 17.9 Å². The van der Waals surface area contributed by atoms with E-state index in [9.17, 15) is 18.0 Å². The Labute approximate surface area is 156 Å². The molecule has 28 heavy (non-hydrogen) atoms. The largest absolute Gasteiger partial charge is 0.471 e. The van der Waals surface area contributed by atoms with Gasteiger partial charge in [0.05, 0.1) is 24.9 Å². The number of alkyl halides is 3. The summed E-state index contributed by atoms with van der Waals surface area (Å²) in [6.45, 7) is 1.25. The maximum absolute atomic E-state index is 13.1. The number of amides is 1. The zero-order chi connectivity index (χ0) is 19.9. The van der Waals surface area contributed by atoms with Gasteiger partial charge in [0.25, 0.3) is 0 Å². The smallest absolute Gasteiger partial charge is 0.467 e. The minimum absolute atomic E-state index is 0.241. The summed E-state index contributed by atoms with van der Waals surface area (Å²) in [6, 6.07) is 10.4. The SMILES string of the molecule is Cc1ccc2c(c1)cc(CN(Cc1ccco1)C(=O)C(F)(F)F)c1nnnn12. The number of tetrazole rings is 1. The Morgan fingerprint density at radius 2 is 2.04 bits per heavy atom. The molecular weight excluding hydrogens is 375 g/mol. The molecule has 1 aromatic carbocycles. The first kappa shape index (κ1) is 18.0. The van der Waals surface area contributed by atoms with Crippen LogP contribution in [0.2, 0.25) is 0 Å². The number of nitrogens with zero attached hydrogens (tertiary/aromatic N) is 5. The van der Waals surface area contributed by atoms with E-state index < -0.39 is 12.1 Å². The van der Waals surface area contributed by atoms with Crippen LogP contribution >= 0.6 is 0 Å². The lowest BCUT2D eigenvalue weighted by Gasteiger charge is -2.23. The van der Waals surface area contributed by atoms with Gasteiger partial charge in [-0.05, 0) is 47.7 Å². The first-order chi connectivity index (χ1) is 13.3. The summed E-state index contributed by atoms with van der Waals surface area (Å²) in [5.74, 6) is -1.72. The van der Waals surface area contributed by atoms with Gasteiger partial charge in [0, 0.05) is 10.9 Å². The molecule has 7 nitrogen and oxygen atoms in total. The normalized spacial score (nSPS) is 12.0. The first-order valence-electron chi connectivity index (χ1n) is 8.32. The van der Waals surface area contributed by atoms with Gasteiger partial charge < -0.3 is 9.32 Å². The fourth-order valence-corrected chi connectivity index (χ4v) is 3.08. The third-order valence-electron chi connectivity index (χ3n) is 4.32. The van der Waals surface area contributed by atoms with Gasteiger partial charge in [0.2, 0.25) is 0 Å². The number of carbonyl (C=O) groups excluding carboxylic acids is 1. The van der Waals surface area contributed by atoms with E-state index in [1.54, 1.807) is 12.1 Å². The number of hydrogen-bond acceptors (Lipinski definition) is 5. The molecule has 0 bridgehead atoms. The molecule has 0 aliphatic heterocycles. The molecule has 4 aromatic rings. The van der Waals surface area contributed by atoms with Crippen molar-refractivity contribution >= 4 is 22.5 Å². The van der Waals surface area contributed by atoms with Crippen LogP contribution in [0.3, 0.4) is 0 Å². The molecule has 1 amide bonds. The summed E-state index contributed by atoms with van der Waals surface area (Å²) in [4.78, 5) is 12.7. The monoisotopic (exact) mass is 389 g/mol. The van der Waals surface area contributed by atoms with Gasteiger partial charge in [-0.2, -0.15) is 17.7 Å². The Kier molecular flexibility index (Phi) is 4.25. The fraction of sp³-hybridized carbons (Fsp3) is 0.222. The predicted octanol–water partition coefficient (Wildman–Crippen LogP) is 3.27. The van der Waals surface area contributed by atoms with E-state index in [2.05, 4.69) is 15.5 Å². The molecular formula is C18H14F3N5O2. The standard InChI is InChI=1S/C18H14F3N5O2/c1-11-4-5-15-12(7-11)8-13(16-22-23-24-26(15)16)9-25(17(27)18(19,20)21)10-14-3-2-6-28-14/h2-8H,9-10H2,1H3. The second kappa shape index (κ2) is 6.63. The number of fused-ring (bicyclic) bond motifs is 3. The van der Waals surface area contributed by atoms with Crippen LogP contribution in [-0.4, -0.2) is 37.0 Å². The Bertz CT molecular complexity index is 1150. The lowest BCUT2D eigenvalue weighted by Crippen LogP contribution is -2.40. The number of furan rings is 1. The highest BCUT2D eigenvalue weighted by Gasteiger charge is 2.42. The zero-order valence-electron chi connectivity index (χ0n) is 14.6. The lowest BCUT2D eigenvalue weighted by atomic mass is 10.1. The van der Waals surface area contributed by atoms with E-state index in [1.807, 2.05) is 25.1 Å². The van der Waals surface area contributed by atoms with Gasteiger partial charge in [-0.1, -0.05) is 11.6 Å². The van der Waals surface area contributed by atoms with Crippen LogP contribution < -0.4 is 0 Å². The highest BCUT2D eigenvalue weighted by atomic mass is 19.4. The van der Waals surface area contributed by atoms with Crippen LogP contribution in [0.5, 0.6) is 0 Å². The lowest BCUT2D eigenvalue weighted by molar-refractivity contribution is -0.187. The molecule has 0 aliphatic carbocycles. The van der Waals surface area contributed by atoms with Crippen molar-refractivity contribution in [3.05, 3.63) is 59.5 Å². The van der Waals surface area contributed by atoms with Crippen LogP contribution in [0, 0.1) is 6.92 Å². The highest BCUT2D eigenvalue weighted by Crippen LogP contribution is 2.25. The van der Waals surface area contributed by atoms with Gasteiger partial charge in [0.15, 0.2) is 5.65 Å². The zero-order valence-corrected chi connectivity index (χ0v) is 14.6. The number of hydrogen-bond donors (Lipinski definition) is 0. The summed E-state index contributed by atoms with van der Waals surface area (Å²) in [7, 11) is 0. The van der Waals surface area contributed by atoms with Crippen molar-refractivity contribution < 1.29 is 22.4 Å². The third-order valence-corrected chi connectivity index (χ3v) is 4.32. The second-order valence-electron chi connectivity index (χ2n) is 6.38. The third kappa shape index (κ3) is 3.28. The summed E-state index contributed by atoms with van der Waals surface area (Å²) in [6.07, 6.45) is -3.67. The molecule has 0 fully saturated rings. The molecule has 0 saturated heterocycles. The summed E-state index contributed by atoms with van der Waals surface area (Å²) in [5.41, 5.74) is 2.38. The van der Waals surface area contributed by atoms with Gasteiger partial charge in [0.1, 0.15) is 5.76 Å². The molecule has 0 spiro atoms. The minimum Gasteiger partial charge on any atom is -0.467 e. The van der Waals surface area contributed by atoms with Crippen molar-refractivity contribution in [3.63, 3.8) is 0 Å². The number of rotatable bonds is 4. The van der Waals surface area contributed by atoms with Crippen molar-refractivity contribution in [1.82, 2.24) is 24.9 Å². The maximum atomic E-state index is 13.1. The van der Waals surface area contributed by atoms with Gasteiger partial charge >= 0.3 is 12.1 Å². The van der Waals surface area contributed by atoms with Crippen molar-refractivity contribution in [2.24, 2.45) is 0 Å². The van der Waals surface area contributed by atoms with Gasteiger partial charge in [-0.15, -0.1) is 5.10 Å². The quantitative estimate of drug-likeness (QED) is 0.535. The van der Waals surface area contributed by atoms with E-state index in [-0.39, 0.29) is 24.5 Å². The number of halogens is 3. The van der Waals surface area contributed by atoms with Gasteiger partial charge in [-0.3, -0.25) is 4.79 Å². The van der Waals surface area contributed by atoms with E-state index in [0.717, 1.165) is 10.9 Å². The van der Waals surface area contributed by atoms with Crippen molar-refractivity contribution in [2.75, 3.05) is 0 Å². The average molecular weight is 389 g/mol. The molecule has 10 heteroatoms. The topological polar surface area (TPSA) is 76.5 Å². The molecule has 0 N–H and O–H groups in total. The number of aryl methyl sites for hydroxylation is 1. The van der Waals surface area contributed by atoms with E-state index >= 15 is 0 Å². The second-order valence-corrected chi connectivity index (χ2v) is 6.38. The van der Waals surface area contributed by atoms with Crippen molar-refractivity contribution in [2.45, 2.75) is 26.2 Å². The molecule has 3 heterocycles. The van der Waals surface area contributed by atoms with Crippen LogP contribution in [0.15, 0.2) is 47.1 Å². The number of aromatic nitrogens is 4. The molecule has 3 aromatic heterocycles. The maximum Gasteiger partial charge on any atom is 0.471 e. The Morgan fingerprint density at radius 1 is 1.21 bits per heavy atom. The number of benzene rings is 1. The fourth-order valence-electron chi connectivity index (χ4n) is 3.08. The first-order valence-corrected chi connectivity index (χ1v) is 8.32. The summed E-state index contributed by atoms with van der Waals surface area (Å²) in [5, 5.41) is 12.2. The Morgan fingerprint density at radius 3 is 2.75 bits per heavy atom. The van der Waals surface area contributed by atoms with Crippen LogP contribution in [0.4, 0.5) is 13.2 Å².